The lowest BCUT2D eigenvalue weighted by atomic mass is 10.0. The van der Waals surface area contributed by atoms with E-state index < -0.39 is 6.10 Å². The molecule has 3 heterocycles. The largest absolute Gasteiger partial charge is 0.387 e. The molecule has 0 fully saturated rings. The van der Waals surface area contributed by atoms with Gasteiger partial charge in [0.25, 0.3) is 0 Å². The monoisotopic (exact) mass is 274 g/mol. The number of nitrogens with zero attached hydrogens (tertiary/aromatic N) is 2. The Balaban J connectivity index is 1.87. The normalized spacial score (nSPS) is 20.2. The number of pyridine rings is 1. The lowest BCUT2D eigenvalue weighted by molar-refractivity contribution is 0.194. The third-order valence-corrected chi connectivity index (χ3v) is 4.80. The Hall–Kier alpha value is -1.39. The molecule has 0 bridgehead atoms. The Labute approximate surface area is 117 Å². The minimum Gasteiger partial charge on any atom is -0.387 e. The van der Waals surface area contributed by atoms with E-state index in [0.29, 0.717) is 6.04 Å². The average Bonchev–Trinajstić information content (AvgIpc) is 2.88. The smallest absolute Gasteiger partial charge is 0.0931 e. The van der Waals surface area contributed by atoms with Gasteiger partial charge in [0.2, 0.25) is 0 Å². The fraction of sp³-hybridized carbons (Fsp3) is 0.400. The van der Waals surface area contributed by atoms with Crippen LogP contribution in [0.3, 0.4) is 0 Å². The van der Waals surface area contributed by atoms with Gasteiger partial charge in [-0.15, -0.1) is 11.3 Å². The van der Waals surface area contributed by atoms with E-state index in [1.807, 2.05) is 23.6 Å². The molecule has 2 unspecified atom stereocenters. The van der Waals surface area contributed by atoms with E-state index in [4.69, 9.17) is 0 Å². The molecular formula is C15H18N2OS. The molecule has 2 atom stereocenters. The zero-order valence-corrected chi connectivity index (χ0v) is 12.0. The number of aliphatic hydroxyl groups is 1. The first-order chi connectivity index (χ1) is 9.16. The highest BCUT2D eigenvalue weighted by atomic mass is 32.1. The number of aromatic nitrogens is 1. The van der Waals surface area contributed by atoms with Crippen molar-refractivity contribution in [3.8, 4) is 0 Å². The first-order valence-electron chi connectivity index (χ1n) is 6.63. The summed E-state index contributed by atoms with van der Waals surface area (Å²) in [5.74, 6) is 0. The third kappa shape index (κ3) is 2.26. The van der Waals surface area contributed by atoms with E-state index >= 15 is 0 Å². The molecule has 0 aliphatic carbocycles. The SMILES string of the molecule is CC(O)c1ccc(N2CCc3sccc3C2C)cn1. The van der Waals surface area contributed by atoms with Crippen molar-refractivity contribution in [3.05, 3.63) is 45.9 Å². The van der Waals surface area contributed by atoms with Crippen molar-refractivity contribution in [1.82, 2.24) is 4.98 Å². The molecule has 1 N–H and O–H groups in total. The molecule has 1 aliphatic heterocycles. The van der Waals surface area contributed by atoms with Crippen LogP contribution in [0.15, 0.2) is 29.8 Å². The van der Waals surface area contributed by atoms with Crippen LogP contribution in [0.1, 0.15) is 42.1 Å². The van der Waals surface area contributed by atoms with Crippen molar-refractivity contribution in [2.45, 2.75) is 32.4 Å². The molecule has 0 saturated heterocycles. The van der Waals surface area contributed by atoms with E-state index in [1.165, 1.54) is 10.4 Å². The fourth-order valence-corrected chi connectivity index (χ4v) is 3.64. The maximum absolute atomic E-state index is 9.50. The molecule has 2 aromatic heterocycles. The molecule has 0 amide bonds. The van der Waals surface area contributed by atoms with Crippen LogP contribution in [-0.2, 0) is 6.42 Å². The van der Waals surface area contributed by atoms with Crippen LogP contribution in [0.25, 0.3) is 0 Å². The minimum absolute atomic E-state index is 0.397. The van der Waals surface area contributed by atoms with Crippen molar-refractivity contribution in [1.29, 1.82) is 0 Å². The van der Waals surface area contributed by atoms with Crippen LogP contribution < -0.4 is 4.90 Å². The highest BCUT2D eigenvalue weighted by molar-refractivity contribution is 7.10. The van der Waals surface area contributed by atoms with Gasteiger partial charge in [-0.25, -0.2) is 0 Å². The number of aliphatic hydroxyl groups excluding tert-OH is 1. The van der Waals surface area contributed by atoms with Gasteiger partial charge in [-0.3, -0.25) is 4.98 Å². The van der Waals surface area contributed by atoms with E-state index in [2.05, 4.69) is 34.3 Å². The van der Waals surface area contributed by atoms with Crippen molar-refractivity contribution >= 4 is 17.0 Å². The van der Waals surface area contributed by atoms with Crippen molar-refractivity contribution in [3.63, 3.8) is 0 Å². The molecule has 100 valence electrons. The van der Waals surface area contributed by atoms with Gasteiger partial charge in [0.15, 0.2) is 0 Å². The topological polar surface area (TPSA) is 36.4 Å². The molecule has 2 aromatic rings. The second-order valence-corrected chi connectivity index (χ2v) is 6.04. The lowest BCUT2D eigenvalue weighted by Gasteiger charge is -2.35. The van der Waals surface area contributed by atoms with Gasteiger partial charge < -0.3 is 10.0 Å². The minimum atomic E-state index is -0.503. The van der Waals surface area contributed by atoms with Gasteiger partial charge in [0, 0.05) is 11.4 Å². The summed E-state index contributed by atoms with van der Waals surface area (Å²) in [5.41, 5.74) is 3.30. The highest BCUT2D eigenvalue weighted by Crippen LogP contribution is 2.35. The summed E-state index contributed by atoms with van der Waals surface area (Å²) >= 11 is 1.86. The second-order valence-electron chi connectivity index (χ2n) is 5.04. The van der Waals surface area contributed by atoms with E-state index in [-0.39, 0.29) is 0 Å². The number of hydrogen-bond donors (Lipinski definition) is 1. The van der Waals surface area contributed by atoms with Gasteiger partial charge in [0.1, 0.15) is 0 Å². The number of fused-ring (bicyclic) bond motifs is 1. The van der Waals surface area contributed by atoms with Crippen LogP contribution in [0, 0.1) is 0 Å². The molecule has 1 aliphatic rings. The third-order valence-electron chi connectivity index (χ3n) is 3.81. The first kappa shape index (κ1) is 12.6. The van der Waals surface area contributed by atoms with Gasteiger partial charge in [-0.1, -0.05) is 0 Å². The molecule has 4 heteroatoms. The Morgan fingerprint density at radius 3 is 2.95 bits per heavy atom. The summed E-state index contributed by atoms with van der Waals surface area (Å²) in [6, 6.07) is 6.60. The summed E-state index contributed by atoms with van der Waals surface area (Å²) in [6.07, 6.45) is 2.47. The van der Waals surface area contributed by atoms with Gasteiger partial charge in [-0.2, -0.15) is 0 Å². The number of anilines is 1. The quantitative estimate of drug-likeness (QED) is 0.912. The van der Waals surface area contributed by atoms with E-state index in [0.717, 1.165) is 24.3 Å². The molecule has 3 nitrogen and oxygen atoms in total. The summed E-state index contributed by atoms with van der Waals surface area (Å²) in [6.45, 7) is 5.01. The molecule has 0 spiro atoms. The van der Waals surface area contributed by atoms with Gasteiger partial charge in [0.05, 0.1) is 29.7 Å². The second kappa shape index (κ2) is 4.94. The summed E-state index contributed by atoms with van der Waals surface area (Å²) in [5, 5.41) is 11.7. The van der Waals surface area contributed by atoms with E-state index in [1.54, 1.807) is 6.92 Å². The Morgan fingerprint density at radius 1 is 1.42 bits per heavy atom. The van der Waals surface area contributed by atoms with Crippen molar-refractivity contribution in [2.75, 3.05) is 11.4 Å². The zero-order chi connectivity index (χ0) is 13.4. The Morgan fingerprint density at radius 2 is 2.26 bits per heavy atom. The highest BCUT2D eigenvalue weighted by Gasteiger charge is 2.25. The molecule has 0 radical (unpaired) electrons. The Bertz CT molecular complexity index is 562. The molecular weight excluding hydrogens is 256 g/mol. The molecule has 0 saturated carbocycles. The summed E-state index contributed by atoms with van der Waals surface area (Å²) < 4.78 is 0. The Kier molecular flexibility index (Phi) is 3.29. The van der Waals surface area contributed by atoms with Crippen LogP contribution in [0.4, 0.5) is 5.69 Å². The van der Waals surface area contributed by atoms with Crippen LogP contribution >= 0.6 is 11.3 Å². The standard InChI is InChI=1S/C15H18N2OS/c1-10-13-6-8-19-15(13)5-7-17(10)12-3-4-14(11(2)18)16-9-12/h3-4,6,8-11,18H,5,7H2,1-2H3. The first-order valence-corrected chi connectivity index (χ1v) is 7.51. The predicted molar refractivity (Wildman–Crippen MR) is 78.7 cm³/mol. The number of rotatable bonds is 2. The average molecular weight is 274 g/mol. The zero-order valence-electron chi connectivity index (χ0n) is 11.2. The van der Waals surface area contributed by atoms with Gasteiger partial charge >= 0.3 is 0 Å². The summed E-state index contributed by atoms with van der Waals surface area (Å²) in [4.78, 5) is 8.24. The summed E-state index contributed by atoms with van der Waals surface area (Å²) in [7, 11) is 0. The lowest BCUT2D eigenvalue weighted by Crippen LogP contribution is -2.33. The van der Waals surface area contributed by atoms with Crippen LogP contribution in [0.2, 0.25) is 0 Å². The van der Waals surface area contributed by atoms with Crippen LogP contribution in [-0.4, -0.2) is 16.6 Å². The van der Waals surface area contributed by atoms with Crippen molar-refractivity contribution in [2.24, 2.45) is 0 Å². The maximum atomic E-state index is 9.50. The number of hydrogen-bond acceptors (Lipinski definition) is 4. The van der Waals surface area contributed by atoms with E-state index in [9.17, 15) is 5.11 Å². The van der Waals surface area contributed by atoms with Crippen LogP contribution in [0.5, 0.6) is 0 Å². The van der Waals surface area contributed by atoms with Gasteiger partial charge in [-0.05, 0) is 49.4 Å². The molecule has 0 aromatic carbocycles. The fourth-order valence-electron chi connectivity index (χ4n) is 2.68. The molecule has 3 rings (SSSR count). The molecule has 19 heavy (non-hydrogen) atoms. The van der Waals surface area contributed by atoms with Crippen molar-refractivity contribution < 1.29 is 5.11 Å². The predicted octanol–water partition coefficient (Wildman–Crippen LogP) is 3.32. The maximum Gasteiger partial charge on any atom is 0.0931 e. The number of thiophene rings is 1.